The predicted octanol–water partition coefficient (Wildman–Crippen LogP) is 3.18. The van der Waals surface area contributed by atoms with Crippen LogP contribution in [0.2, 0.25) is 0 Å². The lowest BCUT2D eigenvalue weighted by molar-refractivity contribution is -0.00729. The molecule has 2 aliphatic rings. The number of halogens is 1. The van der Waals surface area contributed by atoms with Crippen LogP contribution in [-0.2, 0) is 12.8 Å². The van der Waals surface area contributed by atoms with E-state index >= 15 is 0 Å². The molecule has 0 bridgehead atoms. The van der Waals surface area contributed by atoms with Gasteiger partial charge >= 0.3 is 0 Å². The molecule has 102 valence electrons. The molecule has 1 N–H and O–H groups in total. The molecule has 0 fully saturated rings. The minimum absolute atomic E-state index is 0.336. The van der Waals surface area contributed by atoms with Crippen LogP contribution >= 0.6 is 0 Å². The molecule has 0 radical (unpaired) electrons. The van der Waals surface area contributed by atoms with Gasteiger partial charge in [-0.2, -0.15) is 0 Å². The number of hydrogen-bond donors (Lipinski definition) is 1. The minimum Gasteiger partial charge on any atom is -0.486 e. The highest BCUT2D eigenvalue weighted by Gasteiger charge is 2.44. The van der Waals surface area contributed by atoms with Crippen molar-refractivity contribution in [3.05, 3.63) is 65.0 Å². The average Bonchev–Trinajstić information content (AvgIpc) is 2.77. The highest BCUT2D eigenvalue weighted by molar-refractivity contribution is 5.42. The van der Waals surface area contributed by atoms with Gasteiger partial charge in [-0.15, -0.1) is 0 Å². The van der Waals surface area contributed by atoms with Crippen molar-refractivity contribution in [2.45, 2.75) is 31.0 Å². The smallest absolute Gasteiger partial charge is 0.126 e. The molecule has 2 aromatic carbocycles. The summed E-state index contributed by atoms with van der Waals surface area (Å²) < 4.78 is 19.4. The number of ether oxygens (including phenoxy) is 1. The van der Waals surface area contributed by atoms with E-state index in [4.69, 9.17) is 4.74 Å². The molecule has 0 aromatic heterocycles. The summed E-state index contributed by atoms with van der Waals surface area (Å²) in [5, 5.41) is 10.3. The van der Waals surface area contributed by atoms with Crippen molar-refractivity contribution < 1.29 is 14.2 Å². The standard InChI is InChI=1S/C17H15FO2/c18-13-5-6-16-14(7-13)15(19)10-17(20-16)8-11-3-1-2-4-12(11)9-17/h1-7,15,19H,8-10H2/t15-/m0/s1. The van der Waals surface area contributed by atoms with Gasteiger partial charge in [0, 0.05) is 24.8 Å². The normalized spacial score (nSPS) is 22.2. The molecular formula is C17H15FO2. The Kier molecular flexibility index (Phi) is 2.42. The molecule has 1 aliphatic carbocycles. The van der Waals surface area contributed by atoms with Crippen LogP contribution in [0.4, 0.5) is 4.39 Å². The monoisotopic (exact) mass is 270 g/mol. The first kappa shape index (κ1) is 11.9. The second-order valence-electron chi connectivity index (χ2n) is 5.81. The molecule has 1 aliphatic heterocycles. The number of aliphatic hydroxyl groups is 1. The fraction of sp³-hybridized carbons (Fsp3) is 0.294. The lowest BCUT2D eigenvalue weighted by atomic mass is 9.86. The average molecular weight is 270 g/mol. The molecule has 0 saturated heterocycles. The molecule has 0 amide bonds. The highest BCUT2D eigenvalue weighted by atomic mass is 19.1. The summed E-state index contributed by atoms with van der Waals surface area (Å²) in [4.78, 5) is 0. The zero-order valence-electron chi connectivity index (χ0n) is 11.0. The third-order valence-electron chi connectivity index (χ3n) is 4.37. The summed E-state index contributed by atoms with van der Waals surface area (Å²) in [6, 6.07) is 12.7. The van der Waals surface area contributed by atoms with Gasteiger partial charge in [-0.25, -0.2) is 4.39 Å². The quantitative estimate of drug-likeness (QED) is 0.796. The molecule has 0 saturated carbocycles. The molecule has 0 unspecified atom stereocenters. The summed E-state index contributed by atoms with van der Waals surface area (Å²) in [6.07, 6.45) is 1.45. The first-order chi connectivity index (χ1) is 9.65. The van der Waals surface area contributed by atoms with Gasteiger partial charge in [-0.1, -0.05) is 24.3 Å². The van der Waals surface area contributed by atoms with Crippen LogP contribution in [0.3, 0.4) is 0 Å². The predicted molar refractivity (Wildman–Crippen MR) is 73.2 cm³/mol. The van der Waals surface area contributed by atoms with E-state index in [2.05, 4.69) is 12.1 Å². The molecule has 3 heteroatoms. The fourth-order valence-corrected chi connectivity index (χ4v) is 3.49. The summed E-state index contributed by atoms with van der Waals surface area (Å²) in [5.41, 5.74) is 2.75. The van der Waals surface area contributed by atoms with Crippen molar-refractivity contribution >= 4 is 0 Å². The van der Waals surface area contributed by atoms with Crippen LogP contribution in [0.25, 0.3) is 0 Å². The maximum Gasteiger partial charge on any atom is 0.126 e. The number of benzene rings is 2. The Morgan fingerprint density at radius 2 is 1.80 bits per heavy atom. The van der Waals surface area contributed by atoms with Crippen molar-refractivity contribution in [3.8, 4) is 5.75 Å². The van der Waals surface area contributed by atoms with Gasteiger partial charge in [0.1, 0.15) is 17.2 Å². The Balaban J connectivity index is 1.73. The van der Waals surface area contributed by atoms with E-state index in [9.17, 15) is 9.50 Å². The molecular weight excluding hydrogens is 255 g/mol. The Morgan fingerprint density at radius 1 is 1.10 bits per heavy atom. The SMILES string of the molecule is O[C@H]1CC2(Cc3ccccc3C2)Oc2ccc(F)cc21. The summed E-state index contributed by atoms with van der Waals surface area (Å²) in [5.74, 6) is 0.273. The largest absolute Gasteiger partial charge is 0.486 e. The van der Waals surface area contributed by atoms with Crippen LogP contribution in [-0.4, -0.2) is 10.7 Å². The second-order valence-corrected chi connectivity index (χ2v) is 5.81. The van der Waals surface area contributed by atoms with Gasteiger partial charge in [0.15, 0.2) is 0 Å². The van der Waals surface area contributed by atoms with Gasteiger partial charge < -0.3 is 9.84 Å². The Hall–Kier alpha value is -1.87. The van der Waals surface area contributed by atoms with E-state index in [1.54, 1.807) is 6.07 Å². The first-order valence-corrected chi connectivity index (χ1v) is 6.89. The topological polar surface area (TPSA) is 29.5 Å². The van der Waals surface area contributed by atoms with Crippen molar-refractivity contribution in [3.63, 3.8) is 0 Å². The molecule has 4 rings (SSSR count). The van der Waals surface area contributed by atoms with Crippen LogP contribution in [0.5, 0.6) is 5.75 Å². The van der Waals surface area contributed by atoms with E-state index in [-0.39, 0.29) is 11.4 Å². The van der Waals surface area contributed by atoms with Crippen molar-refractivity contribution in [1.29, 1.82) is 0 Å². The molecule has 1 heterocycles. The Labute approximate surface area is 116 Å². The number of fused-ring (bicyclic) bond motifs is 2. The zero-order chi connectivity index (χ0) is 13.7. The highest BCUT2D eigenvalue weighted by Crippen LogP contribution is 2.46. The van der Waals surface area contributed by atoms with E-state index in [0.29, 0.717) is 17.7 Å². The van der Waals surface area contributed by atoms with E-state index in [0.717, 1.165) is 12.8 Å². The molecule has 2 aromatic rings. The first-order valence-electron chi connectivity index (χ1n) is 6.89. The maximum absolute atomic E-state index is 13.3. The molecule has 2 nitrogen and oxygen atoms in total. The summed E-state index contributed by atoms with van der Waals surface area (Å²) in [6.45, 7) is 0. The van der Waals surface area contributed by atoms with Crippen LogP contribution in [0.1, 0.15) is 29.2 Å². The van der Waals surface area contributed by atoms with Gasteiger partial charge in [-0.05, 0) is 29.3 Å². The maximum atomic E-state index is 13.3. The number of aliphatic hydroxyl groups excluding tert-OH is 1. The van der Waals surface area contributed by atoms with Gasteiger partial charge in [0.05, 0.1) is 6.10 Å². The molecule has 20 heavy (non-hydrogen) atoms. The van der Waals surface area contributed by atoms with Gasteiger partial charge in [0.2, 0.25) is 0 Å². The van der Waals surface area contributed by atoms with E-state index in [1.165, 1.54) is 23.3 Å². The second kappa shape index (κ2) is 4.06. The third kappa shape index (κ3) is 1.74. The van der Waals surface area contributed by atoms with Crippen LogP contribution in [0.15, 0.2) is 42.5 Å². The van der Waals surface area contributed by atoms with Crippen molar-refractivity contribution in [2.24, 2.45) is 0 Å². The third-order valence-corrected chi connectivity index (χ3v) is 4.37. The Morgan fingerprint density at radius 3 is 2.50 bits per heavy atom. The van der Waals surface area contributed by atoms with E-state index in [1.807, 2.05) is 12.1 Å². The summed E-state index contributed by atoms with van der Waals surface area (Å²) in [7, 11) is 0. The van der Waals surface area contributed by atoms with Crippen LogP contribution in [0, 0.1) is 5.82 Å². The van der Waals surface area contributed by atoms with E-state index < -0.39 is 6.10 Å². The Bertz CT molecular complexity index is 655. The lowest BCUT2D eigenvalue weighted by Crippen LogP contribution is -2.42. The fourth-order valence-electron chi connectivity index (χ4n) is 3.49. The van der Waals surface area contributed by atoms with Gasteiger partial charge in [-0.3, -0.25) is 0 Å². The molecule has 1 spiro atoms. The summed E-state index contributed by atoms with van der Waals surface area (Å²) >= 11 is 0. The van der Waals surface area contributed by atoms with Crippen molar-refractivity contribution in [2.75, 3.05) is 0 Å². The van der Waals surface area contributed by atoms with Crippen LogP contribution < -0.4 is 4.74 Å². The number of rotatable bonds is 0. The van der Waals surface area contributed by atoms with Gasteiger partial charge in [0.25, 0.3) is 0 Å². The van der Waals surface area contributed by atoms with Crippen molar-refractivity contribution in [1.82, 2.24) is 0 Å². The number of hydrogen-bond acceptors (Lipinski definition) is 2. The minimum atomic E-state index is -0.663. The molecule has 1 atom stereocenters. The zero-order valence-corrected chi connectivity index (χ0v) is 11.0. The lowest BCUT2D eigenvalue weighted by Gasteiger charge is -2.38.